The van der Waals surface area contributed by atoms with Gasteiger partial charge in [-0.15, -0.1) is 0 Å². The lowest BCUT2D eigenvalue weighted by Gasteiger charge is -2.14. The van der Waals surface area contributed by atoms with Gasteiger partial charge in [0.1, 0.15) is 0 Å². The van der Waals surface area contributed by atoms with E-state index in [9.17, 15) is 9.59 Å². The minimum Gasteiger partial charge on any atom is -0.454 e. The van der Waals surface area contributed by atoms with Gasteiger partial charge < -0.3 is 14.0 Å². The second-order valence-electron chi connectivity index (χ2n) is 6.45. The zero-order valence-electron chi connectivity index (χ0n) is 15.1. The highest BCUT2D eigenvalue weighted by atomic mass is 32.1. The van der Waals surface area contributed by atoms with Crippen LogP contribution in [0.15, 0.2) is 29.0 Å². The van der Waals surface area contributed by atoms with Gasteiger partial charge in [-0.1, -0.05) is 0 Å². The van der Waals surface area contributed by atoms with Crippen LogP contribution in [0.1, 0.15) is 40.2 Å². The number of aromatic nitrogens is 1. The monoisotopic (exact) mass is 373 g/mol. The summed E-state index contributed by atoms with van der Waals surface area (Å²) in [5, 5.41) is 3.86. The second kappa shape index (κ2) is 8.47. The van der Waals surface area contributed by atoms with Crippen molar-refractivity contribution in [1.82, 2.24) is 4.57 Å². The summed E-state index contributed by atoms with van der Waals surface area (Å²) in [5.41, 5.74) is 3.46. The third-order valence-electron chi connectivity index (χ3n) is 4.58. The topological polar surface area (TPSA) is 57.5 Å². The van der Waals surface area contributed by atoms with Crippen LogP contribution in [0, 0.1) is 13.8 Å². The van der Waals surface area contributed by atoms with Gasteiger partial charge in [-0.05, 0) is 61.2 Å². The summed E-state index contributed by atoms with van der Waals surface area (Å²) in [4.78, 5) is 24.2. The van der Waals surface area contributed by atoms with Gasteiger partial charge in [0, 0.05) is 36.2 Å². The van der Waals surface area contributed by atoms with Gasteiger partial charge >= 0.3 is 5.97 Å². The fourth-order valence-electron chi connectivity index (χ4n) is 3.15. The quantitative estimate of drug-likeness (QED) is 0.421. The van der Waals surface area contributed by atoms with Crippen LogP contribution in [0.4, 0.5) is 0 Å². The predicted molar refractivity (Wildman–Crippen MR) is 102 cm³/mol. The average molecular weight is 373 g/mol. The molecule has 0 amide bonds. The normalized spacial score (nSPS) is 17.1. The molecule has 1 aliphatic rings. The number of rotatable bonds is 7. The van der Waals surface area contributed by atoms with Gasteiger partial charge in [-0.3, -0.25) is 4.79 Å². The Morgan fingerprint density at radius 3 is 2.96 bits per heavy atom. The van der Waals surface area contributed by atoms with Crippen molar-refractivity contribution in [1.29, 1.82) is 0 Å². The maximum atomic E-state index is 12.5. The van der Waals surface area contributed by atoms with E-state index in [1.54, 1.807) is 17.4 Å². The molecule has 2 aromatic rings. The van der Waals surface area contributed by atoms with Crippen molar-refractivity contribution in [2.45, 2.75) is 39.3 Å². The van der Waals surface area contributed by atoms with Gasteiger partial charge in [-0.25, -0.2) is 4.79 Å². The molecule has 3 heterocycles. The van der Waals surface area contributed by atoms with Crippen LogP contribution in [-0.4, -0.2) is 35.6 Å². The summed E-state index contributed by atoms with van der Waals surface area (Å²) >= 11 is 1.55. The first-order valence-electron chi connectivity index (χ1n) is 8.73. The number of carbonyl (C=O) groups is 2. The van der Waals surface area contributed by atoms with E-state index in [4.69, 9.17) is 9.47 Å². The molecule has 1 saturated heterocycles. The minimum atomic E-state index is -0.516. The van der Waals surface area contributed by atoms with Crippen molar-refractivity contribution in [3.63, 3.8) is 0 Å². The molecule has 5 nitrogen and oxygen atoms in total. The van der Waals surface area contributed by atoms with Crippen LogP contribution >= 0.6 is 11.3 Å². The van der Waals surface area contributed by atoms with Crippen LogP contribution in [0.5, 0.6) is 0 Å². The maximum Gasteiger partial charge on any atom is 0.331 e. The highest BCUT2D eigenvalue weighted by Crippen LogP contribution is 2.20. The zero-order chi connectivity index (χ0) is 18.5. The fraction of sp³-hybridized carbons (Fsp3) is 0.400. The lowest BCUT2D eigenvalue weighted by molar-refractivity contribution is -0.136. The predicted octanol–water partition coefficient (Wildman–Crippen LogP) is 3.78. The molecule has 1 aliphatic heterocycles. The summed E-state index contributed by atoms with van der Waals surface area (Å²) in [5.74, 6) is -0.702. The van der Waals surface area contributed by atoms with Crippen molar-refractivity contribution in [3.05, 3.63) is 51.5 Å². The summed E-state index contributed by atoms with van der Waals surface area (Å²) in [6.07, 6.45) is 5.37. The van der Waals surface area contributed by atoms with Crippen LogP contribution in [0.2, 0.25) is 0 Å². The second-order valence-corrected chi connectivity index (χ2v) is 7.23. The first-order chi connectivity index (χ1) is 12.5. The largest absolute Gasteiger partial charge is 0.454 e. The molecule has 26 heavy (non-hydrogen) atoms. The Kier molecular flexibility index (Phi) is 6.06. The smallest absolute Gasteiger partial charge is 0.331 e. The molecule has 138 valence electrons. The Hall–Kier alpha value is -2.18. The van der Waals surface area contributed by atoms with E-state index in [1.165, 1.54) is 6.08 Å². The van der Waals surface area contributed by atoms with Crippen LogP contribution in [-0.2, 0) is 20.8 Å². The van der Waals surface area contributed by atoms with Crippen molar-refractivity contribution < 1.29 is 19.1 Å². The van der Waals surface area contributed by atoms with E-state index < -0.39 is 5.97 Å². The molecular weight excluding hydrogens is 350 g/mol. The third kappa shape index (κ3) is 4.51. The van der Waals surface area contributed by atoms with E-state index in [-0.39, 0.29) is 18.5 Å². The first-order valence-corrected chi connectivity index (χ1v) is 9.67. The highest BCUT2D eigenvalue weighted by molar-refractivity contribution is 7.08. The maximum absolute atomic E-state index is 12.5. The molecule has 3 rings (SSSR count). The number of nitrogens with zero attached hydrogens (tertiary/aromatic N) is 1. The van der Waals surface area contributed by atoms with Crippen molar-refractivity contribution in [2.24, 2.45) is 0 Å². The van der Waals surface area contributed by atoms with E-state index in [2.05, 4.69) is 4.57 Å². The highest BCUT2D eigenvalue weighted by Gasteiger charge is 2.21. The number of carbonyl (C=O) groups excluding carboxylic acids is 2. The summed E-state index contributed by atoms with van der Waals surface area (Å²) in [6.45, 7) is 5.22. The fourth-order valence-corrected chi connectivity index (χ4v) is 3.78. The number of esters is 1. The average Bonchev–Trinajstić information content (AvgIpc) is 3.37. The Labute approximate surface area is 157 Å². The van der Waals surface area contributed by atoms with Gasteiger partial charge in [-0.2, -0.15) is 11.3 Å². The molecule has 0 N–H and O–H groups in total. The SMILES string of the molecule is Cc1cc(C(=O)COC(=O)/C=C/c2ccsc2)c(C)n1C[C@@H]1CCCO1. The summed E-state index contributed by atoms with van der Waals surface area (Å²) in [6, 6.07) is 3.77. The standard InChI is InChI=1S/C20H23NO4S/c1-14-10-18(15(2)21(14)11-17-4-3-8-24-17)19(22)12-25-20(23)6-5-16-7-9-26-13-16/h5-7,9-10,13,17H,3-4,8,11-12H2,1-2H3/b6-5+/t17-/m0/s1. The van der Waals surface area contributed by atoms with Crippen LogP contribution in [0.25, 0.3) is 6.08 Å². The number of ether oxygens (including phenoxy) is 2. The zero-order valence-corrected chi connectivity index (χ0v) is 15.9. The Morgan fingerprint density at radius 1 is 1.42 bits per heavy atom. The number of aryl methyl sites for hydroxylation is 1. The van der Waals surface area contributed by atoms with E-state index in [1.807, 2.05) is 36.7 Å². The van der Waals surface area contributed by atoms with Gasteiger partial charge in [0.15, 0.2) is 6.61 Å². The first kappa shape index (κ1) is 18.6. The summed E-state index contributed by atoms with van der Waals surface area (Å²) < 4.78 is 12.9. The van der Waals surface area contributed by atoms with Crippen LogP contribution < -0.4 is 0 Å². The molecular formula is C20H23NO4S. The lowest BCUT2D eigenvalue weighted by atomic mass is 10.1. The lowest BCUT2D eigenvalue weighted by Crippen LogP contribution is -2.18. The van der Waals surface area contributed by atoms with Crippen molar-refractivity contribution >= 4 is 29.2 Å². The Balaban J connectivity index is 1.58. The Bertz CT molecular complexity index is 798. The van der Waals surface area contributed by atoms with Crippen molar-refractivity contribution in [2.75, 3.05) is 13.2 Å². The summed E-state index contributed by atoms with van der Waals surface area (Å²) in [7, 11) is 0. The van der Waals surface area contributed by atoms with E-state index >= 15 is 0 Å². The van der Waals surface area contributed by atoms with Gasteiger partial charge in [0.2, 0.25) is 5.78 Å². The molecule has 0 aliphatic carbocycles. The molecule has 0 unspecified atom stereocenters. The number of thiophene rings is 1. The molecule has 1 atom stereocenters. The molecule has 0 saturated carbocycles. The molecule has 6 heteroatoms. The molecule has 0 bridgehead atoms. The molecule has 1 fully saturated rings. The number of hydrogen-bond acceptors (Lipinski definition) is 5. The van der Waals surface area contributed by atoms with Crippen LogP contribution in [0.3, 0.4) is 0 Å². The van der Waals surface area contributed by atoms with E-state index in [0.717, 1.165) is 42.9 Å². The molecule has 2 aromatic heterocycles. The number of ketones is 1. The van der Waals surface area contributed by atoms with Gasteiger partial charge in [0.05, 0.1) is 6.10 Å². The molecule has 0 radical (unpaired) electrons. The minimum absolute atomic E-state index is 0.186. The third-order valence-corrected chi connectivity index (χ3v) is 5.29. The Morgan fingerprint density at radius 2 is 2.27 bits per heavy atom. The molecule has 0 spiro atoms. The molecule has 0 aromatic carbocycles. The van der Waals surface area contributed by atoms with Gasteiger partial charge in [0.25, 0.3) is 0 Å². The number of hydrogen-bond donors (Lipinski definition) is 0. The number of Topliss-reactive ketones (excluding diaryl/α,β-unsaturated/α-hetero) is 1. The van der Waals surface area contributed by atoms with E-state index in [0.29, 0.717) is 5.56 Å². The van der Waals surface area contributed by atoms with Crippen molar-refractivity contribution in [3.8, 4) is 0 Å².